The third-order valence-corrected chi connectivity index (χ3v) is 6.26. The Morgan fingerprint density at radius 2 is 1.00 bits per heavy atom. The van der Waals surface area contributed by atoms with Crippen LogP contribution in [0.1, 0.15) is 141 Å². The van der Waals surface area contributed by atoms with E-state index in [1.165, 1.54) is 141 Å². The van der Waals surface area contributed by atoms with E-state index < -0.39 is 0 Å². The fourth-order valence-electron chi connectivity index (χ4n) is 4.28. The van der Waals surface area contributed by atoms with Gasteiger partial charge in [0.1, 0.15) is 6.54 Å². The van der Waals surface area contributed by atoms with E-state index in [1.54, 1.807) is 0 Å². The molecule has 0 aromatic carbocycles. The van der Waals surface area contributed by atoms with Crippen molar-refractivity contribution in [2.75, 3.05) is 0 Å². The molecule has 0 saturated carbocycles. The van der Waals surface area contributed by atoms with Crippen molar-refractivity contribution >= 4 is 0 Å². The van der Waals surface area contributed by atoms with Gasteiger partial charge in [-0.05, 0) is 25.3 Å². The second kappa shape index (κ2) is 20.4. The Kier molecular flexibility index (Phi) is 18.4. The van der Waals surface area contributed by atoms with Gasteiger partial charge in [-0.2, -0.15) is 0 Å². The lowest BCUT2D eigenvalue weighted by molar-refractivity contribution is -0.697. The topological polar surface area (TPSA) is 3.88 Å². The lowest BCUT2D eigenvalue weighted by Crippen LogP contribution is -2.33. The molecule has 1 heteroatoms. The molecule has 1 nitrogen and oxygen atoms in total. The first-order chi connectivity index (χ1) is 14.4. The van der Waals surface area contributed by atoms with Crippen LogP contribution >= 0.6 is 0 Å². The number of unbranched alkanes of at least 4 members (excludes halogenated alkanes) is 17. The number of aryl methyl sites for hydroxylation is 2. The molecule has 0 spiro atoms. The summed E-state index contributed by atoms with van der Waals surface area (Å²) in [6.45, 7) is 5.79. The summed E-state index contributed by atoms with van der Waals surface area (Å²) in [6, 6.07) is 4.57. The van der Waals surface area contributed by atoms with Crippen molar-refractivity contribution in [2.24, 2.45) is 0 Å². The monoisotopic (exact) mass is 402 g/mol. The van der Waals surface area contributed by atoms with Gasteiger partial charge >= 0.3 is 0 Å². The van der Waals surface area contributed by atoms with Crippen molar-refractivity contribution in [1.82, 2.24) is 0 Å². The summed E-state index contributed by atoms with van der Waals surface area (Å²) in [4.78, 5) is 0. The molecule has 0 N–H and O–H groups in total. The van der Waals surface area contributed by atoms with Gasteiger partial charge in [0.05, 0.1) is 0 Å². The quantitative estimate of drug-likeness (QED) is 0.143. The highest BCUT2D eigenvalue weighted by molar-refractivity contribution is 5.05. The van der Waals surface area contributed by atoms with Crippen LogP contribution in [0.3, 0.4) is 0 Å². The lowest BCUT2D eigenvalue weighted by atomic mass is 10.0. The molecule has 0 fully saturated rings. The molecule has 29 heavy (non-hydrogen) atoms. The van der Waals surface area contributed by atoms with Crippen molar-refractivity contribution < 1.29 is 4.57 Å². The molecule has 0 aliphatic heterocycles. The van der Waals surface area contributed by atoms with Gasteiger partial charge in [0.2, 0.25) is 0 Å². The second-order valence-electron chi connectivity index (χ2n) is 9.21. The molecule has 0 atom stereocenters. The van der Waals surface area contributed by atoms with Gasteiger partial charge in [0.25, 0.3) is 0 Å². The third kappa shape index (κ3) is 16.6. The average Bonchev–Trinajstić information content (AvgIpc) is 2.74. The minimum absolute atomic E-state index is 1.20. The zero-order valence-corrected chi connectivity index (χ0v) is 20.1. The van der Waals surface area contributed by atoms with Gasteiger partial charge in [0.15, 0.2) is 12.4 Å². The van der Waals surface area contributed by atoms with Crippen LogP contribution in [0.2, 0.25) is 0 Å². The molecule has 0 bridgehead atoms. The number of hydrogen-bond acceptors (Lipinski definition) is 0. The maximum absolute atomic E-state index is 2.42. The van der Waals surface area contributed by atoms with Crippen molar-refractivity contribution in [2.45, 2.75) is 149 Å². The van der Waals surface area contributed by atoms with E-state index in [9.17, 15) is 0 Å². The van der Waals surface area contributed by atoms with E-state index >= 15 is 0 Å². The van der Waals surface area contributed by atoms with E-state index in [0.29, 0.717) is 0 Å². The summed E-state index contributed by atoms with van der Waals surface area (Å²) in [5.74, 6) is 0. The second-order valence-corrected chi connectivity index (χ2v) is 9.21. The summed E-state index contributed by atoms with van der Waals surface area (Å²) in [6.07, 6.45) is 32.9. The SMILES string of the molecule is CCCCCCCCCCCC[n+]1cccc(CCCCCCCCCCC)c1. The molecule has 0 saturated heterocycles. The van der Waals surface area contributed by atoms with Crippen LogP contribution in [-0.4, -0.2) is 0 Å². The van der Waals surface area contributed by atoms with Crippen LogP contribution in [0.15, 0.2) is 24.5 Å². The molecular formula is C28H52N+. The van der Waals surface area contributed by atoms with Crippen molar-refractivity contribution in [1.29, 1.82) is 0 Å². The molecule has 1 aromatic heterocycles. The third-order valence-electron chi connectivity index (χ3n) is 6.26. The summed E-state index contributed by atoms with van der Waals surface area (Å²) in [7, 11) is 0. The van der Waals surface area contributed by atoms with Crippen molar-refractivity contribution in [3.05, 3.63) is 30.1 Å². The molecule has 1 aromatic rings. The lowest BCUT2D eigenvalue weighted by Gasteiger charge is -2.04. The number of hydrogen-bond donors (Lipinski definition) is 0. The smallest absolute Gasteiger partial charge is 0.171 e. The van der Waals surface area contributed by atoms with Crippen LogP contribution in [0.25, 0.3) is 0 Å². The van der Waals surface area contributed by atoms with Crippen LogP contribution in [0.5, 0.6) is 0 Å². The Hall–Kier alpha value is -0.850. The maximum atomic E-state index is 2.42. The average molecular weight is 403 g/mol. The van der Waals surface area contributed by atoms with Gasteiger partial charge in [-0.1, -0.05) is 117 Å². The van der Waals surface area contributed by atoms with E-state index in [2.05, 4.69) is 42.9 Å². The summed E-state index contributed by atoms with van der Waals surface area (Å²) >= 11 is 0. The fourth-order valence-corrected chi connectivity index (χ4v) is 4.28. The summed E-state index contributed by atoms with van der Waals surface area (Å²) in [5.41, 5.74) is 1.53. The van der Waals surface area contributed by atoms with Gasteiger partial charge in [-0.15, -0.1) is 0 Å². The van der Waals surface area contributed by atoms with Crippen LogP contribution in [0, 0.1) is 0 Å². The molecule has 0 amide bonds. The van der Waals surface area contributed by atoms with Gasteiger partial charge < -0.3 is 0 Å². The predicted octanol–water partition coefficient (Wildman–Crippen LogP) is 8.97. The molecule has 1 heterocycles. The fraction of sp³-hybridized carbons (Fsp3) is 0.821. The highest BCUT2D eigenvalue weighted by Crippen LogP contribution is 2.12. The zero-order valence-electron chi connectivity index (χ0n) is 20.1. The zero-order chi connectivity index (χ0) is 20.8. The van der Waals surface area contributed by atoms with E-state index in [4.69, 9.17) is 0 Å². The van der Waals surface area contributed by atoms with Crippen LogP contribution in [0.4, 0.5) is 0 Å². The first kappa shape index (κ1) is 26.2. The van der Waals surface area contributed by atoms with Crippen LogP contribution < -0.4 is 4.57 Å². The number of pyridine rings is 1. The molecule has 0 unspecified atom stereocenters. The van der Waals surface area contributed by atoms with Gasteiger partial charge in [0, 0.05) is 18.1 Å². The Balaban J connectivity index is 1.98. The Labute approximate surface area is 183 Å². The van der Waals surface area contributed by atoms with E-state index in [-0.39, 0.29) is 0 Å². The number of nitrogens with zero attached hydrogens (tertiary/aromatic N) is 1. The summed E-state index contributed by atoms with van der Waals surface area (Å²) in [5, 5.41) is 0. The number of aromatic nitrogens is 1. The van der Waals surface area contributed by atoms with E-state index in [0.717, 1.165) is 0 Å². The highest BCUT2D eigenvalue weighted by Gasteiger charge is 2.03. The maximum Gasteiger partial charge on any atom is 0.171 e. The van der Waals surface area contributed by atoms with Crippen molar-refractivity contribution in [3.8, 4) is 0 Å². The minimum Gasteiger partial charge on any atom is -0.205 e. The van der Waals surface area contributed by atoms with Gasteiger partial charge in [-0.3, -0.25) is 0 Å². The Morgan fingerprint density at radius 3 is 1.52 bits per heavy atom. The molecule has 1 rings (SSSR count). The molecule has 168 valence electrons. The molecular weight excluding hydrogens is 350 g/mol. The first-order valence-corrected chi connectivity index (χ1v) is 13.3. The molecule has 0 aliphatic carbocycles. The van der Waals surface area contributed by atoms with Crippen molar-refractivity contribution in [3.63, 3.8) is 0 Å². The molecule has 0 aliphatic rings. The first-order valence-electron chi connectivity index (χ1n) is 13.3. The highest BCUT2D eigenvalue weighted by atomic mass is 14.9. The summed E-state index contributed by atoms with van der Waals surface area (Å²) < 4.78 is 2.42. The van der Waals surface area contributed by atoms with Crippen LogP contribution in [-0.2, 0) is 13.0 Å². The minimum atomic E-state index is 1.20. The van der Waals surface area contributed by atoms with E-state index in [1.807, 2.05) is 0 Å². The Bertz CT molecular complexity index is 453. The largest absolute Gasteiger partial charge is 0.205 e. The Morgan fingerprint density at radius 1 is 0.552 bits per heavy atom. The standard InChI is InChI=1S/C28H52N/c1-3-5-7-9-11-13-15-17-19-21-25-29-26-22-24-28(27-29)23-20-18-16-14-12-10-8-6-4-2/h22,24,26-27H,3-21,23,25H2,1-2H3/q+1. The normalized spacial score (nSPS) is 11.2. The van der Waals surface area contributed by atoms with Gasteiger partial charge in [-0.25, -0.2) is 4.57 Å². The number of rotatable bonds is 21. The molecule has 0 radical (unpaired) electrons. The predicted molar refractivity (Wildman–Crippen MR) is 129 cm³/mol.